The lowest BCUT2D eigenvalue weighted by Gasteiger charge is -2.31. The number of nitrogen functional groups attached to an aromatic ring is 1. The number of carbonyl (C=O) groups excluding carboxylic acids is 1. The molecule has 1 amide bonds. The van der Waals surface area contributed by atoms with Crippen molar-refractivity contribution >= 4 is 17.3 Å². The smallest absolute Gasteiger partial charge is 0.279 e. The first-order valence-electron chi connectivity index (χ1n) is 7.03. The monoisotopic (exact) mass is 295 g/mol. The van der Waals surface area contributed by atoms with Crippen molar-refractivity contribution in [2.75, 3.05) is 5.73 Å². The van der Waals surface area contributed by atoms with Gasteiger partial charge in [0.2, 0.25) is 0 Å². The number of hydrazone groups is 1. The second kappa shape index (κ2) is 5.27. The summed E-state index contributed by atoms with van der Waals surface area (Å²) in [5.41, 5.74) is 6.40. The van der Waals surface area contributed by atoms with Crippen molar-refractivity contribution in [3.8, 4) is 0 Å². The first kappa shape index (κ1) is 14.3. The Balaban J connectivity index is 2.04. The van der Waals surface area contributed by atoms with Crippen molar-refractivity contribution in [2.45, 2.75) is 19.1 Å². The Kier molecular flexibility index (Phi) is 3.42. The highest BCUT2D eigenvalue weighted by Crippen LogP contribution is 2.36. The van der Waals surface area contributed by atoms with Crippen LogP contribution in [0.2, 0.25) is 0 Å². The van der Waals surface area contributed by atoms with Crippen LogP contribution in [0, 0.1) is 0 Å². The van der Waals surface area contributed by atoms with Gasteiger partial charge >= 0.3 is 0 Å². The fraction of sp³-hybridized carbons (Fsp3) is 0.176. The van der Waals surface area contributed by atoms with Gasteiger partial charge in [-0.2, -0.15) is 10.1 Å². The fourth-order valence-electron chi connectivity index (χ4n) is 2.67. The van der Waals surface area contributed by atoms with Crippen LogP contribution in [0.5, 0.6) is 0 Å². The summed E-state index contributed by atoms with van der Waals surface area (Å²) in [6.45, 7) is 1.79. The molecule has 5 heteroatoms. The van der Waals surface area contributed by atoms with Gasteiger partial charge in [0.1, 0.15) is 0 Å². The molecule has 3 rings (SSSR count). The summed E-state index contributed by atoms with van der Waals surface area (Å²) >= 11 is 0. The zero-order valence-corrected chi connectivity index (χ0v) is 12.2. The van der Waals surface area contributed by atoms with Crippen molar-refractivity contribution in [1.82, 2.24) is 5.01 Å². The van der Waals surface area contributed by atoms with E-state index in [-0.39, 0.29) is 6.42 Å². The molecule has 1 heterocycles. The van der Waals surface area contributed by atoms with E-state index in [2.05, 4.69) is 5.10 Å². The molecule has 0 radical (unpaired) electrons. The van der Waals surface area contributed by atoms with Crippen LogP contribution >= 0.6 is 0 Å². The first-order chi connectivity index (χ1) is 10.5. The molecule has 0 aliphatic carbocycles. The first-order valence-corrected chi connectivity index (χ1v) is 7.03. The summed E-state index contributed by atoms with van der Waals surface area (Å²) in [5, 5.41) is 16.4. The van der Waals surface area contributed by atoms with Gasteiger partial charge in [-0.3, -0.25) is 4.79 Å². The SMILES string of the molecule is CC1=NN(C(=O)c2ccccc2N)C(O)(c2ccccc2)C1. The number of benzene rings is 2. The highest BCUT2D eigenvalue weighted by molar-refractivity contribution is 6.01. The molecule has 22 heavy (non-hydrogen) atoms. The minimum atomic E-state index is -1.48. The van der Waals surface area contributed by atoms with E-state index >= 15 is 0 Å². The molecule has 5 nitrogen and oxygen atoms in total. The Morgan fingerprint density at radius 1 is 1.18 bits per heavy atom. The lowest BCUT2D eigenvalue weighted by molar-refractivity contribution is -0.0764. The Morgan fingerprint density at radius 2 is 1.82 bits per heavy atom. The molecule has 0 saturated heterocycles. The molecule has 1 atom stereocenters. The van der Waals surface area contributed by atoms with Crippen molar-refractivity contribution in [3.05, 3.63) is 65.7 Å². The normalized spacial score (nSPS) is 20.8. The number of hydrogen-bond donors (Lipinski definition) is 2. The maximum atomic E-state index is 12.8. The summed E-state index contributed by atoms with van der Waals surface area (Å²) < 4.78 is 0. The number of aliphatic hydroxyl groups is 1. The largest absolute Gasteiger partial charge is 0.398 e. The van der Waals surface area contributed by atoms with Gasteiger partial charge in [-0.25, -0.2) is 0 Å². The lowest BCUT2D eigenvalue weighted by Crippen LogP contribution is -2.43. The van der Waals surface area contributed by atoms with E-state index < -0.39 is 11.6 Å². The van der Waals surface area contributed by atoms with E-state index in [4.69, 9.17) is 5.73 Å². The van der Waals surface area contributed by atoms with E-state index in [9.17, 15) is 9.90 Å². The highest BCUT2D eigenvalue weighted by Gasteiger charge is 2.45. The summed E-state index contributed by atoms with van der Waals surface area (Å²) in [6.07, 6.45) is 0.273. The fourth-order valence-corrected chi connectivity index (χ4v) is 2.67. The predicted molar refractivity (Wildman–Crippen MR) is 85.1 cm³/mol. The summed E-state index contributed by atoms with van der Waals surface area (Å²) in [4.78, 5) is 12.8. The molecule has 1 unspecified atom stereocenters. The summed E-state index contributed by atoms with van der Waals surface area (Å²) in [6, 6.07) is 15.8. The number of nitrogens with zero attached hydrogens (tertiary/aromatic N) is 2. The second-order valence-electron chi connectivity index (χ2n) is 5.40. The van der Waals surface area contributed by atoms with Crippen LogP contribution in [-0.2, 0) is 5.72 Å². The average Bonchev–Trinajstić information content (AvgIpc) is 2.84. The molecule has 3 N–H and O–H groups in total. The zero-order chi connectivity index (χ0) is 15.7. The van der Waals surface area contributed by atoms with Crippen molar-refractivity contribution in [2.24, 2.45) is 5.10 Å². The van der Waals surface area contributed by atoms with E-state index in [1.54, 1.807) is 43.3 Å². The summed E-state index contributed by atoms with van der Waals surface area (Å²) in [7, 11) is 0. The van der Waals surface area contributed by atoms with Gasteiger partial charge in [0.05, 0.1) is 5.56 Å². The lowest BCUT2D eigenvalue weighted by atomic mass is 9.97. The molecule has 0 saturated carbocycles. The number of hydrogen-bond acceptors (Lipinski definition) is 4. The van der Waals surface area contributed by atoms with Crippen LogP contribution in [0.15, 0.2) is 59.7 Å². The number of anilines is 1. The Morgan fingerprint density at radius 3 is 2.50 bits per heavy atom. The minimum absolute atomic E-state index is 0.273. The van der Waals surface area contributed by atoms with Crippen LogP contribution in [0.4, 0.5) is 5.69 Å². The van der Waals surface area contributed by atoms with Crippen LogP contribution in [-0.4, -0.2) is 21.7 Å². The molecule has 0 spiro atoms. The van der Waals surface area contributed by atoms with Gasteiger partial charge in [0.25, 0.3) is 5.91 Å². The quantitative estimate of drug-likeness (QED) is 0.835. The van der Waals surface area contributed by atoms with Crippen molar-refractivity contribution in [1.29, 1.82) is 0 Å². The maximum absolute atomic E-state index is 12.8. The standard InChI is InChI=1S/C17H17N3O2/c1-12-11-17(22,13-7-3-2-4-8-13)20(19-12)16(21)14-9-5-6-10-15(14)18/h2-10,22H,11,18H2,1H3. The Hall–Kier alpha value is -2.66. The minimum Gasteiger partial charge on any atom is -0.398 e. The van der Waals surface area contributed by atoms with E-state index in [0.717, 1.165) is 5.01 Å². The van der Waals surface area contributed by atoms with Gasteiger partial charge < -0.3 is 10.8 Å². The average molecular weight is 295 g/mol. The third-order valence-corrected chi connectivity index (χ3v) is 3.74. The second-order valence-corrected chi connectivity index (χ2v) is 5.40. The van der Waals surface area contributed by atoms with E-state index in [1.165, 1.54) is 0 Å². The number of para-hydroxylation sites is 1. The van der Waals surface area contributed by atoms with Crippen molar-refractivity contribution < 1.29 is 9.90 Å². The van der Waals surface area contributed by atoms with Crippen LogP contribution < -0.4 is 5.73 Å². The Bertz CT molecular complexity index is 743. The number of rotatable bonds is 2. The third-order valence-electron chi connectivity index (χ3n) is 3.74. The number of amides is 1. The van der Waals surface area contributed by atoms with Crippen LogP contribution in [0.3, 0.4) is 0 Å². The number of nitrogens with two attached hydrogens (primary N) is 1. The molecule has 0 fully saturated rings. The van der Waals surface area contributed by atoms with Gasteiger partial charge in [-0.05, 0) is 19.1 Å². The third kappa shape index (κ3) is 2.25. The molecular weight excluding hydrogens is 278 g/mol. The molecule has 1 aliphatic heterocycles. The van der Waals surface area contributed by atoms with Gasteiger partial charge in [0.15, 0.2) is 5.72 Å². The van der Waals surface area contributed by atoms with Crippen molar-refractivity contribution in [3.63, 3.8) is 0 Å². The van der Waals surface area contributed by atoms with Crippen LogP contribution in [0.1, 0.15) is 29.3 Å². The predicted octanol–water partition coefficient (Wildman–Crippen LogP) is 2.34. The van der Waals surface area contributed by atoms with E-state index in [1.807, 2.05) is 18.2 Å². The molecular formula is C17H17N3O2. The highest BCUT2D eigenvalue weighted by atomic mass is 16.3. The maximum Gasteiger partial charge on any atom is 0.279 e. The van der Waals surface area contributed by atoms with E-state index in [0.29, 0.717) is 22.5 Å². The molecule has 0 aromatic heterocycles. The molecule has 2 aromatic carbocycles. The molecule has 1 aliphatic rings. The number of carbonyl (C=O) groups is 1. The topological polar surface area (TPSA) is 78.9 Å². The molecule has 2 aromatic rings. The van der Waals surface area contributed by atoms with Gasteiger partial charge in [0, 0.05) is 23.4 Å². The zero-order valence-electron chi connectivity index (χ0n) is 12.2. The Labute approximate surface area is 128 Å². The summed E-state index contributed by atoms with van der Waals surface area (Å²) in [5.74, 6) is -0.415. The van der Waals surface area contributed by atoms with Gasteiger partial charge in [-0.1, -0.05) is 42.5 Å². The molecule has 0 bridgehead atoms. The molecule has 112 valence electrons. The van der Waals surface area contributed by atoms with Crippen LogP contribution in [0.25, 0.3) is 0 Å². The van der Waals surface area contributed by atoms with Gasteiger partial charge in [-0.15, -0.1) is 0 Å².